The van der Waals surface area contributed by atoms with Gasteiger partial charge in [0.25, 0.3) is 0 Å². The second-order valence-corrected chi connectivity index (χ2v) is 8.33. The lowest BCUT2D eigenvalue weighted by molar-refractivity contribution is 0.0540. The second kappa shape index (κ2) is 10.2. The van der Waals surface area contributed by atoms with Crippen LogP contribution in [0.3, 0.4) is 0 Å². The SMILES string of the molecule is COCCOCCOc1cc2ncnc(-c3c[nH]c4ccc(OS(N)(=O)=O)cc34)c2cc1OC. The van der Waals surface area contributed by atoms with Gasteiger partial charge in [-0.25, -0.2) is 9.97 Å². The number of methoxy groups -OCH3 is 2. The van der Waals surface area contributed by atoms with Crippen LogP contribution in [0.5, 0.6) is 17.2 Å². The molecule has 0 radical (unpaired) electrons. The average Bonchev–Trinajstić information content (AvgIpc) is 3.22. The summed E-state index contributed by atoms with van der Waals surface area (Å²) < 4.78 is 49.2. The summed E-state index contributed by atoms with van der Waals surface area (Å²) in [5.74, 6) is 1.13. The number of fused-ring (bicyclic) bond motifs is 2. The third-order valence-corrected chi connectivity index (χ3v) is 5.38. The van der Waals surface area contributed by atoms with Crippen LogP contribution in [0.1, 0.15) is 0 Å². The Morgan fingerprint density at radius 2 is 1.79 bits per heavy atom. The molecule has 0 unspecified atom stereocenters. The van der Waals surface area contributed by atoms with Gasteiger partial charge < -0.3 is 28.1 Å². The Labute approximate surface area is 196 Å². The third kappa shape index (κ3) is 5.37. The summed E-state index contributed by atoms with van der Waals surface area (Å²) in [5.41, 5.74) is 2.76. The molecule has 0 amide bonds. The molecule has 0 bridgehead atoms. The highest BCUT2D eigenvalue weighted by Crippen LogP contribution is 2.38. The highest BCUT2D eigenvalue weighted by Gasteiger charge is 2.16. The van der Waals surface area contributed by atoms with E-state index in [1.807, 2.05) is 0 Å². The topological polar surface area (TPSA) is 148 Å². The molecule has 12 heteroatoms. The smallest absolute Gasteiger partial charge is 0.380 e. The van der Waals surface area contributed by atoms with E-state index < -0.39 is 10.3 Å². The van der Waals surface area contributed by atoms with Crippen molar-refractivity contribution in [3.05, 3.63) is 42.9 Å². The Balaban J connectivity index is 1.68. The van der Waals surface area contributed by atoms with Gasteiger partial charge in [-0.05, 0) is 24.3 Å². The number of hydrogen-bond donors (Lipinski definition) is 2. The normalized spacial score (nSPS) is 11.7. The van der Waals surface area contributed by atoms with Gasteiger partial charge in [0.05, 0.1) is 38.1 Å². The zero-order valence-electron chi connectivity index (χ0n) is 18.6. The number of nitrogens with two attached hydrogens (primary N) is 1. The van der Waals surface area contributed by atoms with E-state index in [1.54, 1.807) is 44.7 Å². The molecule has 2 aromatic carbocycles. The maximum atomic E-state index is 11.3. The molecule has 0 aliphatic carbocycles. The van der Waals surface area contributed by atoms with Crippen LogP contribution in [0.25, 0.3) is 33.1 Å². The van der Waals surface area contributed by atoms with Crippen molar-refractivity contribution in [1.82, 2.24) is 15.0 Å². The first-order valence-electron chi connectivity index (χ1n) is 10.3. The Kier molecular flexibility index (Phi) is 7.12. The minimum atomic E-state index is -4.15. The van der Waals surface area contributed by atoms with E-state index >= 15 is 0 Å². The molecule has 4 rings (SSSR count). The Morgan fingerprint density at radius 1 is 0.971 bits per heavy atom. The van der Waals surface area contributed by atoms with E-state index in [9.17, 15) is 8.42 Å². The predicted octanol–water partition coefficient (Wildman–Crippen LogP) is 2.41. The first kappa shape index (κ1) is 23.7. The number of H-pyrrole nitrogens is 1. The summed E-state index contributed by atoms with van der Waals surface area (Å²) in [6, 6.07) is 8.37. The molecular weight excluding hydrogens is 464 g/mol. The van der Waals surface area contributed by atoms with E-state index in [0.29, 0.717) is 54.5 Å². The molecule has 0 fully saturated rings. The first-order chi connectivity index (χ1) is 16.4. The minimum absolute atomic E-state index is 0.0928. The van der Waals surface area contributed by atoms with E-state index in [-0.39, 0.29) is 5.75 Å². The molecule has 34 heavy (non-hydrogen) atoms. The van der Waals surface area contributed by atoms with Crippen LogP contribution >= 0.6 is 0 Å². The van der Waals surface area contributed by atoms with Crippen molar-refractivity contribution >= 4 is 32.1 Å². The van der Waals surface area contributed by atoms with Crippen molar-refractivity contribution < 1.29 is 31.5 Å². The van der Waals surface area contributed by atoms with Crippen LogP contribution in [-0.4, -0.2) is 64.0 Å². The monoisotopic (exact) mass is 488 g/mol. The number of benzene rings is 2. The van der Waals surface area contributed by atoms with E-state index in [0.717, 1.165) is 16.5 Å². The number of aromatic amines is 1. The molecule has 0 saturated carbocycles. The van der Waals surface area contributed by atoms with E-state index in [2.05, 4.69) is 15.0 Å². The van der Waals surface area contributed by atoms with Crippen molar-refractivity contribution in [2.45, 2.75) is 0 Å². The zero-order valence-corrected chi connectivity index (χ0v) is 19.4. The Bertz CT molecular complexity index is 1410. The van der Waals surface area contributed by atoms with Crippen LogP contribution < -0.4 is 18.8 Å². The minimum Gasteiger partial charge on any atom is -0.493 e. The maximum absolute atomic E-state index is 11.3. The maximum Gasteiger partial charge on any atom is 0.380 e. The van der Waals surface area contributed by atoms with Gasteiger partial charge in [0.1, 0.15) is 18.7 Å². The first-order valence-corrected chi connectivity index (χ1v) is 11.7. The van der Waals surface area contributed by atoms with Crippen molar-refractivity contribution in [2.75, 3.05) is 40.6 Å². The number of hydrogen-bond acceptors (Lipinski definition) is 9. The quantitative estimate of drug-likeness (QED) is 0.304. The lowest BCUT2D eigenvalue weighted by Gasteiger charge is -2.13. The van der Waals surface area contributed by atoms with Crippen molar-refractivity contribution in [3.8, 4) is 28.5 Å². The van der Waals surface area contributed by atoms with Gasteiger partial charge in [0, 0.05) is 41.2 Å². The van der Waals surface area contributed by atoms with Crippen LogP contribution in [-0.2, 0) is 19.8 Å². The zero-order chi connectivity index (χ0) is 24.1. The molecule has 0 atom stereocenters. The summed E-state index contributed by atoms with van der Waals surface area (Å²) >= 11 is 0. The van der Waals surface area contributed by atoms with Crippen molar-refractivity contribution in [3.63, 3.8) is 0 Å². The fourth-order valence-electron chi connectivity index (χ4n) is 3.49. The van der Waals surface area contributed by atoms with Gasteiger partial charge in [-0.3, -0.25) is 0 Å². The highest BCUT2D eigenvalue weighted by atomic mass is 32.2. The molecule has 0 spiro atoms. The number of nitrogens with one attached hydrogen (secondary N) is 1. The molecule has 0 aliphatic rings. The van der Waals surface area contributed by atoms with E-state index in [4.69, 9.17) is 28.3 Å². The van der Waals surface area contributed by atoms with Gasteiger partial charge >= 0.3 is 10.3 Å². The van der Waals surface area contributed by atoms with Gasteiger partial charge in [-0.2, -0.15) is 13.6 Å². The molecule has 2 aromatic heterocycles. The van der Waals surface area contributed by atoms with Crippen molar-refractivity contribution in [1.29, 1.82) is 0 Å². The number of ether oxygens (including phenoxy) is 4. The molecule has 4 aromatic rings. The van der Waals surface area contributed by atoms with Crippen LogP contribution in [0.2, 0.25) is 0 Å². The summed E-state index contributed by atoms with van der Waals surface area (Å²) in [7, 11) is -0.985. The van der Waals surface area contributed by atoms with Gasteiger partial charge in [0.15, 0.2) is 11.5 Å². The van der Waals surface area contributed by atoms with Crippen LogP contribution in [0.4, 0.5) is 0 Å². The summed E-state index contributed by atoms with van der Waals surface area (Å²) in [5, 5.41) is 6.43. The molecule has 0 aliphatic heterocycles. The van der Waals surface area contributed by atoms with Gasteiger partial charge in [-0.1, -0.05) is 0 Å². The largest absolute Gasteiger partial charge is 0.493 e. The highest BCUT2D eigenvalue weighted by molar-refractivity contribution is 7.84. The molecule has 0 saturated heterocycles. The van der Waals surface area contributed by atoms with Gasteiger partial charge in [0.2, 0.25) is 0 Å². The number of rotatable bonds is 11. The molecule has 3 N–H and O–H groups in total. The summed E-state index contributed by atoms with van der Waals surface area (Å²) in [4.78, 5) is 12.0. The van der Waals surface area contributed by atoms with Crippen LogP contribution in [0, 0.1) is 0 Å². The Hall–Kier alpha value is -3.45. The predicted molar refractivity (Wildman–Crippen MR) is 125 cm³/mol. The summed E-state index contributed by atoms with van der Waals surface area (Å²) in [6.45, 7) is 1.74. The fraction of sp³-hybridized carbons (Fsp3) is 0.273. The molecule has 180 valence electrons. The van der Waals surface area contributed by atoms with Crippen LogP contribution in [0.15, 0.2) is 42.9 Å². The lowest BCUT2D eigenvalue weighted by Crippen LogP contribution is -2.18. The van der Waals surface area contributed by atoms with Gasteiger partial charge in [-0.15, -0.1) is 0 Å². The molecule has 2 heterocycles. The van der Waals surface area contributed by atoms with E-state index in [1.165, 1.54) is 12.4 Å². The molecular formula is C22H24N4O7S. The van der Waals surface area contributed by atoms with Crippen molar-refractivity contribution in [2.24, 2.45) is 5.14 Å². The average molecular weight is 489 g/mol. The second-order valence-electron chi connectivity index (χ2n) is 7.18. The fourth-order valence-corrected chi connectivity index (χ4v) is 3.86. The Morgan fingerprint density at radius 3 is 2.56 bits per heavy atom. The standard InChI is InChI=1S/C22H24N4O7S/c1-29-5-6-31-7-8-32-21-11-19-16(10-20(21)30-2)22(26-13-25-19)17-12-24-18-4-3-14(9-15(17)18)33-34(23,27)28/h3-4,9-13,24H,5-8H2,1-2H3,(H2,23,27,28). The summed E-state index contributed by atoms with van der Waals surface area (Å²) in [6.07, 6.45) is 3.23. The third-order valence-electron chi connectivity index (χ3n) is 4.96. The lowest BCUT2D eigenvalue weighted by atomic mass is 10.0. The number of aromatic nitrogens is 3. The molecule has 11 nitrogen and oxygen atoms in total. The number of nitrogens with zero attached hydrogens (tertiary/aromatic N) is 2.